The number of hydrogen-bond acceptors (Lipinski definition) is 3. The number of nitrogens with zero attached hydrogens (tertiary/aromatic N) is 2. The SMILES string of the molecule is CC[C@@H]1NC(=O)[C@H]2CN(Cc3cccc(C)c3)CCN2C1=O. The molecule has 1 N–H and O–H groups in total. The number of piperazine rings is 2. The summed E-state index contributed by atoms with van der Waals surface area (Å²) in [6.45, 7) is 6.91. The molecule has 0 bridgehead atoms. The van der Waals surface area contributed by atoms with Crippen molar-refractivity contribution in [2.75, 3.05) is 19.6 Å². The summed E-state index contributed by atoms with van der Waals surface area (Å²) in [6.07, 6.45) is 0.654. The number of amides is 2. The second-order valence-corrected chi connectivity index (χ2v) is 6.24. The van der Waals surface area contributed by atoms with E-state index in [1.165, 1.54) is 11.1 Å². The van der Waals surface area contributed by atoms with E-state index in [-0.39, 0.29) is 23.9 Å². The number of benzene rings is 1. The topological polar surface area (TPSA) is 52.7 Å². The smallest absolute Gasteiger partial charge is 0.245 e. The van der Waals surface area contributed by atoms with Crippen LogP contribution in [0.2, 0.25) is 0 Å². The van der Waals surface area contributed by atoms with Crippen LogP contribution in [0.5, 0.6) is 0 Å². The van der Waals surface area contributed by atoms with Gasteiger partial charge >= 0.3 is 0 Å². The second kappa shape index (κ2) is 6.08. The lowest BCUT2D eigenvalue weighted by atomic mass is 10.0. The van der Waals surface area contributed by atoms with E-state index in [2.05, 4.69) is 41.4 Å². The third kappa shape index (κ3) is 2.86. The molecule has 5 heteroatoms. The molecule has 2 amide bonds. The highest BCUT2D eigenvalue weighted by Gasteiger charge is 2.42. The van der Waals surface area contributed by atoms with Crippen LogP contribution in [0.3, 0.4) is 0 Å². The second-order valence-electron chi connectivity index (χ2n) is 6.24. The number of fused-ring (bicyclic) bond motifs is 1. The Morgan fingerprint density at radius 3 is 2.82 bits per heavy atom. The molecule has 2 saturated heterocycles. The molecule has 3 rings (SSSR count). The number of nitrogens with one attached hydrogen (secondary N) is 1. The monoisotopic (exact) mass is 301 g/mol. The van der Waals surface area contributed by atoms with Gasteiger partial charge in [-0.1, -0.05) is 36.8 Å². The molecule has 0 spiro atoms. The van der Waals surface area contributed by atoms with Gasteiger partial charge in [-0.05, 0) is 18.9 Å². The number of rotatable bonds is 3. The molecule has 1 aromatic carbocycles. The minimum absolute atomic E-state index is 0.0135. The molecule has 2 heterocycles. The van der Waals surface area contributed by atoms with Gasteiger partial charge in [-0.2, -0.15) is 0 Å². The fraction of sp³-hybridized carbons (Fsp3) is 0.529. The molecule has 118 valence electrons. The van der Waals surface area contributed by atoms with E-state index in [0.29, 0.717) is 19.5 Å². The van der Waals surface area contributed by atoms with Gasteiger partial charge in [0.2, 0.25) is 11.8 Å². The van der Waals surface area contributed by atoms with Gasteiger partial charge in [-0.25, -0.2) is 0 Å². The predicted octanol–water partition coefficient (Wildman–Crippen LogP) is 0.916. The molecule has 2 aliphatic rings. The first-order valence-electron chi connectivity index (χ1n) is 7.97. The van der Waals surface area contributed by atoms with Gasteiger partial charge in [0.1, 0.15) is 12.1 Å². The summed E-state index contributed by atoms with van der Waals surface area (Å²) in [7, 11) is 0. The van der Waals surface area contributed by atoms with E-state index >= 15 is 0 Å². The molecule has 0 aromatic heterocycles. The van der Waals surface area contributed by atoms with Crippen molar-refractivity contribution < 1.29 is 9.59 Å². The fourth-order valence-electron chi connectivity index (χ4n) is 3.35. The van der Waals surface area contributed by atoms with Crippen molar-refractivity contribution in [3.8, 4) is 0 Å². The third-order valence-electron chi connectivity index (χ3n) is 4.56. The van der Waals surface area contributed by atoms with E-state index in [9.17, 15) is 9.59 Å². The average Bonchev–Trinajstić information content (AvgIpc) is 2.51. The summed E-state index contributed by atoms with van der Waals surface area (Å²) in [5.74, 6) is 0.0581. The molecular weight excluding hydrogens is 278 g/mol. The standard InChI is InChI=1S/C17H23N3O2/c1-3-14-17(22)20-8-7-19(11-15(20)16(21)18-14)10-13-6-4-5-12(2)9-13/h4-6,9,14-15H,3,7-8,10-11H2,1-2H3,(H,18,21)/t14-,15+/m0/s1. The van der Waals surface area contributed by atoms with Gasteiger partial charge in [0.15, 0.2) is 0 Å². The predicted molar refractivity (Wildman–Crippen MR) is 84.2 cm³/mol. The summed E-state index contributed by atoms with van der Waals surface area (Å²) < 4.78 is 0. The van der Waals surface area contributed by atoms with Gasteiger partial charge < -0.3 is 10.2 Å². The van der Waals surface area contributed by atoms with Crippen LogP contribution in [0.4, 0.5) is 0 Å². The van der Waals surface area contributed by atoms with Gasteiger partial charge in [-0.15, -0.1) is 0 Å². The van der Waals surface area contributed by atoms with Crippen molar-refractivity contribution in [2.24, 2.45) is 0 Å². The van der Waals surface area contributed by atoms with Crippen molar-refractivity contribution >= 4 is 11.8 Å². The Morgan fingerprint density at radius 2 is 2.09 bits per heavy atom. The Morgan fingerprint density at radius 1 is 1.27 bits per heavy atom. The molecule has 22 heavy (non-hydrogen) atoms. The zero-order valence-electron chi connectivity index (χ0n) is 13.2. The molecule has 0 aliphatic carbocycles. The van der Waals surface area contributed by atoms with Crippen LogP contribution in [0.1, 0.15) is 24.5 Å². The summed E-state index contributed by atoms with van der Waals surface area (Å²) >= 11 is 0. The summed E-state index contributed by atoms with van der Waals surface area (Å²) in [4.78, 5) is 28.6. The summed E-state index contributed by atoms with van der Waals surface area (Å²) in [6, 6.07) is 7.74. The highest BCUT2D eigenvalue weighted by atomic mass is 16.2. The largest absolute Gasteiger partial charge is 0.342 e. The van der Waals surface area contributed by atoms with Crippen LogP contribution in [0.15, 0.2) is 24.3 Å². The number of hydrogen-bond donors (Lipinski definition) is 1. The van der Waals surface area contributed by atoms with Crippen molar-refractivity contribution in [3.05, 3.63) is 35.4 Å². The van der Waals surface area contributed by atoms with Gasteiger partial charge in [0, 0.05) is 26.2 Å². The lowest BCUT2D eigenvalue weighted by molar-refractivity contribution is -0.153. The van der Waals surface area contributed by atoms with E-state index in [1.807, 2.05) is 6.92 Å². The van der Waals surface area contributed by atoms with Gasteiger partial charge in [0.05, 0.1) is 0 Å². The van der Waals surface area contributed by atoms with E-state index in [4.69, 9.17) is 0 Å². The molecule has 2 fully saturated rings. The molecular formula is C17H23N3O2. The maximum absolute atomic E-state index is 12.3. The summed E-state index contributed by atoms with van der Waals surface area (Å²) in [5, 5.41) is 2.85. The molecule has 1 aromatic rings. The van der Waals surface area contributed by atoms with Crippen LogP contribution in [-0.4, -0.2) is 53.3 Å². The van der Waals surface area contributed by atoms with Crippen LogP contribution in [0.25, 0.3) is 0 Å². The van der Waals surface area contributed by atoms with E-state index < -0.39 is 0 Å². The first-order valence-corrected chi connectivity index (χ1v) is 7.97. The average molecular weight is 301 g/mol. The number of carbonyl (C=O) groups excluding carboxylic acids is 2. The zero-order valence-corrected chi connectivity index (χ0v) is 13.2. The Hall–Kier alpha value is -1.88. The maximum atomic E-state index is 12.3. The van der Waals surface area contributed by atoms with Crippen molar-refractivity contribution in [1.29, 1.82) is 0 Å². The Labute approximate surface area is 131 Å². The quantitative estimate of drug-likeness (QED) is 0.903. The van der Waals surface area contributed by atoms with Crippen molar-refractivity contribution in [1.82, 2.24) is 15.1 Å². The minimum atomic E-state index is -0.341. The van der Waals surface area contributed by atoms with Crippen LogP contribution in [-0.2, 0) is 16.1 Å². The molecule has 0 radical (unpaired) electrons. The first-order chi connectivity index (χ1) is 10.6. The maximum Gasteiger partial charge on any atom is 0.245 e. The molecule has 2 aliphatic heterocycles. The molecule has 0 unspecified atom stereocenters. The van der Waals surface area contributed by atoms with Gasteiger partial charge in [-0.3, -0.25) is 14.5 Å². The highest BCUT2D eigenvalue weighted by Crippen LogP contribution is 2.19. The lowest BCUT2D eigenvalue weighted by Gasteiger charge is -2.45. The highest BCUT2D eigenvalue weighted by molar-refractivity contribution is 5.97. The van der Waals surface area contributed by atoms with Gasteiger partial charge in [0.25, 0.3) is 0 Å². The Balaban J connectivity index is 1.68. The van der Waals surface area contributed by atoms with Crippen LogP contribution >= 0.6 is 0 Å². The fourth-order valence-corrected chi connectivity index (χ4v) is 3.35. The summed E-state index contributed by atoms with van der Waals surface area (Å²) in [5.41, 5.74) is 2.50. The Bertz CT molecular complexity index is 587. The number of carbonyl (C=O) groups is 2. The lowest BCUT2D eigenvalue weighted by Crippen LogP contribution is -2.68. The van der Waals surface area contributed by atoms with Crippen molar-refractivity contribution in [2.45, 2.75) is 38.9 Å². The molecule has 0 saturated carbocycles. The minimum Gasteiger partial charge on any atom is -0.342 e. The first kappa shape index (κ1) is 15.0. The zero-order chi connectivity index (χ0) is 15.7. The van der Waals surface area contributed by atoms with E-state index in [0.717, 1.165) is 13.1 Å². The molecule has 5 nitrogen and oxygen atoms in total. The molecule has 2 atom stereocenters. The third-order valence-corrected chi connectivity index (χ3v) is 4.56. The number of aryl methyl sites for hydroxylation is 1. The Kier molecular flexibility index (Phi) is 4.16. The van der Waals surface area contributed by atoms with Crippen LogP contribution in [0, 0.1) is 6.92 Å². The van der Waals surface area contributed by atoms with Crippen LogP contribution < -0.4 is 5.32 Å². The van der Waals surface area contributed by atoms with Crippen molar-refractivity contribution in [3.63, 3.8) is 0 Å². The normalized spacial score (nSPS) is 25.8. The van der Waals surface area contributed by atoms with E-state index in [1.54, 1.807) is 4.90 Å².